The number of rotatable bonds is 4. The van der Waals surface area contributed by atoms with Gasteiger partial charge in [0.15, 0.2) is 0 Å². The van der Waals surface area contributed by atoms with Crippen LogP contribution in [-0.4, -0.2) is 19.1 Å². The van der Waals surface area contributed by atoms with Crippen LogP contribution < -0.4 is 10.6 Å². The molecule has 0 aliphatic carbocycles. The molecule has 92 valence electrons. The molecule has 1 heterocycles. The van der Waals surface area contributed by atoms with E-state index in [9.17, 15) is 0 Å². The molecule has 0 aliphatic heterocycles. The van der Waals surface area contributed by atoms with Gasteiger partial charge in [-0.3, -0.25) is 4.98 Å². The summed E-state index contributed by atoms with van der Waals surface area (Å²) in [5, 5.41) is 6.36. The van der Waals surface area contributed by atoms with Crippen LogP contribution in [0.3, 0.4) is 0 Å². The summed E-state index contributed by atoms with van der Waals surface area (Å²) in [6.45, 7) is 8.21. The van der Waals surface area contributed by atoms with Crippen molar-refractivity contribution in [1.29, 1.82) is 0 Å². The van der Waals surface area contributed by atoms with Crippen LogP contribution in [-0.2, 0) is 0 Å². The molecule has 0 bridgehead atoms. The van der Waals surface area contributed by atoms with Crippen molar-refractivity contribution in [2.75, 3.05) is 14.1 Å². The van der Waals surface area contributed by atoms with Crippen molar-refractivity contribution in [2.24, 2.45) is 0 Å². The lowest BCUT2D eigenvalue weighted by Crippen LogP contribution is -2.18. The molecule has 2 unspecified atom stereocenters. The van der Waals surface area contributed by atoms with Crippen molar-refractivity contribution in [1.82, 2.24) is 15.6 Å². The Kier molecular flexibility index (Phi) is 7.77. The summed E-state index contributed by atoms with van der Waals surface area (Å²) in [5.41, 5.74) is 2.18. The maximum absolute atomic E-state index is 4.59. The zero-order valence-electron chi connectivity index (χ0n) is 11.3. The molecule has 0 amide bonds. The van der Waals surface area contributed by atoms with E-state index in [1.54, 1.807) is 0 Å². The van der Waals surface area contributed by atoms with E-state index in [0.29, 0.717) is 12.1 Å². The molecule has 0 aliphatic rings. The van der Waals surface area contributed by atoms with Crippen LogP contribution in [0.1, 0.15) is 51.2 Å². The molecule has 0 saturated heterocycles. The molecule has 0 fully saturated rings. The fourth-order valence-electron chi connectivity index (χ4n) is 1.25. The van der Waals surface area contributed by atoms with E-state index in [-0.39, 0.29) is 0 Å². The number of hydrogen-bond donors (Lipinski definition) is 2. The minimum Gasteiger partial charge on any atom is -0.312 e. The number of nitrogens with zero attached hydrogens (tertiary/aromatic N) is 1. The first kappa shape index (κ1) is 15.1. The lowest BCUT2D eigenvalue weighted by Gasteiger charge is -2.14. The van der Waals surface area contributed by atoms with E-state index in [1.165, 1.54) is 0 Å². The van der Waals surface area contributed by atoms with Gasteiger partial charge in [0.2, 0.25) is 0 Å². The summed E-state index contributed by atoms with van der Waals surface area (Å²) in [7, 11) is 3.89. The first-order chi connectivity index (χ1) is 7.69. The van der Waals surface area contributed by atoms with Gasteiger partial charge in [-0.25, -0.2) is 0 Å². The zero-order chi connectivity index (χ0) is 12.6. The van der Waals surface area contributed by atoms with Crippen LogP contribution in [0.25, 0.3) is 0 Å². The summed E-state index contributed by atoms with van der Waals surface area (Å²) in [4.78, 5) is 4.59. The van der Waals surface area contributed by atoms with Crippen molar-refractivity contribution in [3.05, 3.63) is 29.6 Å². The largest absolute Gasteiger partial charge is 0.312 e. The summed E-state index contributed by atoms with van der Waals surface area (Å²) >= 11 is 0. The summed E-state index contributed by atoms with van der Waals surface area (Å²) in [5.74, 6) is 0. The van der Waals surface area contributed by atoms with Crippen molar-refractivity contribution >= 4 is 0 Å². The highest BCUT2D eigenvalue weighted by Crippen LogP contribution is 2.13. The Bertz CT molecular complexity index is 261. The van der Waals surface area contributed by atoms with E-state index < -0.39 is 0 Å². The van der Waals surface area contributed by atoms with Crippen LogP contribution in [0, 0.1) is 0 Å². The topological polar surface area (TPSA) is 37.0 Å². The molecule has 3 nitrogen and oxygen atoms in total. The molecule has 2 atom stereocenters. The third-order valence-electron chi connectivity index (χ3n) is 2.55. The van der Waals surface area contributed by atoms with Gasteiger partial charge in [-0.1, -0.05) is 19.9 Å². The molecule has 1 aromatic heterocycles. The van der Waals surface area contributed by atoms with Gasteiger partial charge in [0.25, 0.3) is 0 Å². The number of aromatic nitrogens is 1. The van der Waals surface area contributed by atoms with Crippen LogP contribution >= 0.6 is 0 Å². The number of nitrogens with one attached hydrogen (secondary N) is 2. The maximum Gasteiger partial charge on any atom is 0.0574 e. The monoisotopic (exact) mass is 223 g/mol. The van der Waals surface area contributed by atoms with Crippen LogP contribution in [0.4, 0.5) is 0 Å². The van der Waals surface area contributed by atoms with Crippen LogP contribution in [0.2, 0.25) is 0 Å². The summed E-state index contributed by atoms with van der Waals surface area (Å²) in [6.07, 6.45) is 0. The second-order valence-corrected chi connectivity index (χ2v) is 3.51. The molecule has 1 rings (SSSR count). The van der Waals surface area contributed by atoms with Crippen molar-refractivity contribution in [3.8, 4) is 0 Å². The molecule has 0 aromatic carbocycles. The fraction of sp³-hybridized carbons (Fsp3) is 0.615. The zero-order valence-corrected chi connectivity index (χ0v) is 11.3. The van der Waals surface area contributed by atoms with E-state index >= 15 is 0 Å². The highest BCUT2D eigenvalue weighted by atomic mass is 14.9. The smallest absolute Gasteiger partial charge is 0.0574 e. The third kappa shape index (κ3) is 4.29. The Morgan fingerprint density at radius 3 is 1.62 bits per heavy atom. The summed E-state index contributed by atoms with van der Waals surface area (Å²) < 4.78 is 0. The predicted molar refractivity (Wildman–Crippen MR) is 70.5 cm³/mol. The standard InChI is InChI=1S/C11H19N3.C2H6/c1-8(12-3)10-6-5-7-11(14-10)9(2)13-4;1-2/h5-9,12-13H,1-4H3;1-2H3. The minimum atomic E-state index is 0.305. The fourth-order valence-corrected chi connectivity index (χ4v) is 1.25. The molecule has 3 heteroatoms. The molecule has 0 saturated carbocycles. The Morgan fingerprint density at radius 2 is 1.31 bits per heavy atom. The van der Waals surface area contributed by atoms with Gasteiger partial charge in [0, 0.05) is 12.1 Å². The molecular weight excluding hydrogens is 198 g/mol. The Balaban J connectivity index is 0.00000106. The minimum absolute atomic E-state index is 0.305. The van der Waals surface area contributed by atoms with Crippen molar-refractivity contribution in [3.63, 3.8) is 0 Å². The third-order valence-corrected chi connectivity index (χ3v) is 2.55. The first-order valence-corrected chi connectivity index (χ1v) is 6.00. The van der Waals surface area contributed by atoms with Gasteiger partial charge >= 0.3 is 0 Å². The first-order valence-electron chi connectivity index (χ1n) is 6.00. The SMILES string of the molecule is CC.CNC(C)c1cccc(C(C)NC)n1. The molecule has 2 N–H and O–H groups in total. The van der Waals surface area contributed by atoms with Gasteiger partial charge in [-0.05, 0) is 40.1 Å². The molecule has 0 spiro atoms. The molecule has 16 heavy (non-hydrogen) atoms. The van der Waals surface area contributed by atoms with E-state index in [0.717, 1.165) is 11.4 Å². The lowest BCUT2D eigenvalue weighted by molar-refractivity contribution is 0.599. The van der Waals surface area contributed by atoms with E-state index in [4.69, 9.17) is 0 Å². The molecule has 1 aromatic rings. The Labute approximate surface area is 99.7 Å². The van der Waals surface area contributed by atoms with Crippen molar-refractivity contribution < 1.29 is 0 Å². The van der Waals surface area contributed by atoms with Gasteiger partial charge in [0.05, 0.1) is 11.4 Å². The van der Waals surface area contributed by atoms with Crippen LogP contribution in [0.5, 0.6) is 0 Å². The maximum atomic E-state index is 4.59. The second-order valence-electron chi connectivity index (χ2n) is 3.51. The van der Waals surface area contributed by atoms with E-state index in [1.807, 2.05) is 40.1 Å². The number of hydrogen-bond acceptors (Lipinski definition) is 3. The van der Waals surface area contributed by atoms with Crippen molar-refractivity contribution in [2.45, 2.75) is 39.8 Å². The summed E-state index contributed by atoms with van der Waals surface area (Å²) in [6, 6.07) is 6.76. The lowest BCUT2D eigenvalue weighted by atomic mass is 10.1. The molecule has 0 radical (unpaired) electrons. The average Bonchev–Trinajstić information content (AvgIpc) is 2.39. The number of pyridine rings is 1. The van der Waals surface area contributed by atoms with Gasteiger partial charge in [-0.15, -0.1) is 0 Å². The van der Waals surface area contributed by atoms with Crippen LogP contribution in [0.15, 0.2) is 18.2 Å². The van der Waals surface area contributed by atoms with Gasteiger partial charge < -0.3 is 10.6 Å². The van der Waals surface area contributed by atoms with Gasteiger partial charge in [-0.2, -0.15) is 0 Å². The predicted octanol–water partition coefficient (Wildman–Crippen LogP) is 2.67. The highest BCUT2D eigenvalue weighted by molar-refractivity contribution is 5.16. The second kappa shape index (κ2) is 8.25. The van der Waals surface area contributed by atoms with Gasteiger partial charge in [0.1, 0.15) is 0 Å². The highest BCUT2D eigenvalue weighted by Gasteiger charge is 2.07. The molecular formula is C13H25N3. The quantitative estimate of drug-likeness (QED) is 0.824. The Morgan fingerprint density at radius 1 is 0.938 bits per heavy atom. The normalized spacial score (nSPS) is 13.6. The van der Waals surface area contributed by atoms with E-state index in [2.05, 4.69) is 35.5 Å². The Hall–Kier alpha value is -0.930. The average molecular weight is 223 g/mol.